The van der Waals surface area contributed by atoms with Crippen LogP contribution in [0.1, 0.15) is 0 Å². The first-order chi connectivity index (χ1) is 4.70. The topological polar surface area (TPSA) is 54.4 Å². The highest BCUT2D eigenvalue weighted by molar-refractivity contribution is 7.66. The summed E-state index contributed by atoms with van der Waals surface area (Å²) < 4.78 is 24.2. The molecule has 0 saturated heterocycles. The molecule has 0 bridgehead atoms. The van der Waals surface area contributed by atoms with Crippen molar-refractivity contribution in [3.63, 3.8) is 0 Å². The normalized spacial score (nSPS) is 10.2. The van der Waals surface area contributed by atoms with E-state index in [1.54, 1.807) is 0 Å². The monoisotopic (exact) mass is 158 g/mol. The van der Waals surface area contributed by atoms with Crippen molar-refractivity contribution in [1.82, 2.24) is 0 Å². The Bertz CT molecular complexity index is 278. The maximum absolute atomic E-state index is 8.59. The molecule has 4 heteroatoms. The van der Waals surface area contributed by atoms with E-state index >= 15 is 0 Å². The molecular weight excluding hydrogens is 152 g/mol. The van der Waals surface area contributed by atoms with Crippen molar-refractivity contribution >= 4 is 11.0 Å². The van der Waals surface area contributed by atoms with E-state index in [0.717, 1.165) is 0 Å². The summed E-state index contributed by atoms with van der Waals surface area (Å²) in [5, 5.41) is 0. The van der Waals surface area contributed by atoms with Gasteiger partial charge in [-0.25, -0.2) is 8.42 Å². The van der Waals surface area contributed by atoms with Gasteiger partial charge < -0.3 is 0 Å². The third-order valence-electron chi connectivity index (χ3n) is 1.11. The predicted molar refractivity (Wildman–Crippen MR) is 38.4 cm³/mol. The number of hydrogen-bond donors (Lipinski definition) is 2. The highest BCUT2D eigenvalue weighted by Crippen LogP contribution is 2.32. The second kappa shape index (κ2) is 2.81. The lowest BCUT2D eigenvalue weighted by atomic mass is 10.6. The van der Waals surface area contributed by atoms with Crippen molar-refractivity contribution in [2.45, 2.75) is 0 Å². The number of rotatable bonds is 0. The van der Waals surface area contributed by atoms with Gasteiger partial charge in [0.05, 0.1) is 0 Å². The summed E-state index contributed by atoms with van der Waals surface area (Å²) in [7, 11) is -3.12. The smallest absolute Gasteiger partial charge is 0.254 e. The largest absolute Gasteiger partial charge is 0.288 e. The third-order valence-corrected chi connectivity index (χ3v) is 1.11. The van der Waals surface area contributed by atoms with E-state index in [1.165, 1.54) is 11.1 Å². The fourth-order valence-electron chi connectivity index (χ4n) is 0.676. The number of fused-ring (bicyclic) bond motifs is 1. The molecule has 0 aromatic carbocycles. The van der Waals surface area contributed by atoms with Crippen molar-refractivity contribution in [2.24, 2.45) is 0 Å². The molecule has 0 spiro atoms. The Morgan fingerprint density at radius 2 is 1.60 bits per heavy atom. The minimum atomic E-state index is -3.12. The summed E-state index contributed by atoms with van der Waals surface area (Å²) in [5.74, 6) is 0. The standard InChI is InChI=1S/C6H4.H2O3S/c1-2-5-4-6(5)3-1;1-4(2)3/h1-4H;4H,(H,1,2,3). The summed E-state index contributed by atoms with van der Waals surface area (Å²) >= 11 is 0. The molecule has 0 fully saturated rings. The zero-order valence-corrected chi connectivity index (χ0v) is 5.91. The molecule has 10 heavy (non-hydrogen) atoms. The SMILES string of the molecule is O=[SH](=O)O.c1cc2cc-2c1. The summed E-state index contributed by atoms with van der Waals surface area (Å²) in [6, 6.07) is 8.48. The molecule has 0 aromatic heterocycles. The molecule has 0 radical (unpaired) electrons. The number of thiol groups is 1. The van der Waals surface area contributed by atoms with Crippen LogP contribution < -0.4 is 0 Å². The molecule has 0 amide bonds. The highest BCUT2D eigenvalue weighted by Gasteiger charge is 2.06. The second-order valence-corrected chi connectivity index (χ2v) is 2.29. The predicted octanol–water partition coefficient (Wildman–Crippen LogP) is 0.738. The Morgan fingerprint density at radius 3 is 1.70 bits per heavy atom. The van der Waals surface area contributed by atoms with Gasteiger partial charge >= 0.3 is 0 Å². The van der Waals surface area contributed by atoms with Gasteiger partial charge in [-0.2, -0.15) is 0 Å². The van der Waals surface area contributed by atoms with Crippen molar-refractivity contribution < 1.29 is 13.0 Å². The average Bonchev–Trinajstić information content (AvgIpc) is 2.40. The molecule has 0 aliphatic heterocycles. The molecule has 2 rings (SSSR count). The first-order valence-electron chi connectivity index (χ1n) is 2.64. The van der Waals surface area contributed by atoms with E-state index in [9.17, 15) is 0 Å². The Balaban J connectivity index is 0.000000112. The van der Waals surface area contributed by atoms with Crippen molar-refractivity contribution in [3.05, 3.63) is 24.3 Å². The summed E-state index contributed by atoms with van der Waals surface area (Å²) in [5.41, 5.74) is 2.85. The van der Waals surface area contributed by atoms with Gasteiger partial charge in [0.25, 0.3) is 11.0 Å². The van der Waals surface area contributed by atoms with E-state index < -0.39 is 11.0 Å². The van der Waals surface area contributed by atoms with E-state index in [1.807, 2.05) is 0 Å². The van der Waals surface area contributed by atoms with E-state index in [2.05, 4.69) is 24.3 Å². The molecule has 54 valence electrons. The first kappa shape index (κ1) is 7.24. The van der Waals surface area contributed by atoms with E-state index in [0.29, 0.717) is 0 Å². The van der Waals surface area contributed by atoms with Crippen molar-refractivity contribution in [3.8, 4) is 11.1 Å². The summed E-state index contributed by atoms with van der Waals surface area (Å²) in [6.07, 6.45) is 0. The first-order valence-corrected chi connectivity index (χ1v) is 3.77. The lowest BCUT2D eigenvalue weighted by molar-refractivity contribution is 0.509. The van der Waals surface area contributed by atoms with Crippen molar-refractivity contribution in [1.29, 1.82) is 0 Å². The van der Waals surface area contributed by atoms with Gasteiger partial charge in [0, 0.05) is 0 Å². The van der Waals surface area contributed by atoms with Crippen LogP contribution in [0, 0.1) is 0 Å². The number of benzene rings is 1. The lowest BCUT2D eigenvalue weighted by Gasteiger charge is -1.48. The average molecular weight is 158 g/mol. The summed E-state index contributed by atoms with van der Waals surface area (Å²) in [6.45, 7) is 0. The summed E-state index contributed by atoms with van der Waals surface area (Å²) in [4.78, 5) is 0. The maximum atomic E-state index is 8.59. The molecule has 1 N–H and O–H groups in total. The fraction of sp³-hybridized carbons (Fsp3) is 0. The maximum Gasteiger partial charge on any atom is 0.254 e. The van der Waals surface area contributed by atoms with Crippen LogP contribution in [-0.4, -0.2) is 13.0 Å². The van der Waals surface area contributed by atoms with E-state index in [-0.39, 0.29) is 0 Å². The van der Waals surface area contributed by atoms with Gasteiger partial charge in [0.15, 0.2) is 0 Å². The van der Waals surface area contributed by atoms with Gasteiger partial charge in [0.2, 0.25) is 0 Å². The van der Waals surface area contributed by atoms with Gasteiger partial charge in [-0.3, -0.25) is 4.55 Å². The molecule has 2 aliphatic rings. The fourth-order valence-corrected chi connectivity index (χ4v) is 0.676. The van der Waals surface area contributed by atoms with Crippen LogP contribution in [0.15, 0.2) is 24.3 Å². The van der Waals surface area contributed by atoms with Gasteiger partial charge in [-0.05, 0) is 17.2 Å². The third kappa shape index (κ3) is 2.16. The Kier molecular flexibility index (Phi) is 2.03. The molecule has 0 aromatic rings. The van der Waals surface area contributed by atoms with Crippen LogP contribution in [0.5, 0.6) is 0 Å². The minimum absolute atomic E-state index is 1.43. The molecule has 0 saturated carbocycles. The van der Waals surface area contributed by atoms with Gasteiger partial charge in [0.1, 0.15) is 0 Å². The van der Waals surface area contributed by atoms with Crippen molar-refractivity contribution in [2.75, 3.05) is 0 Å². The molecule has 2 aliphatic carbocycles. The van der Waals surface area contributed by atoms with Crippen LogP contribution in [0.25, 0.3) is 11.1 Å². The molecule has 0 heterocycles. The van der Waals surface area contributed by atoms with Crippen LogP contribution in [-0.2, 0) is 11.0 Å². The van der Waals surface area contributed by atoms with Crippen LogP contribution in [0.4, 0.5) is 0 Å². The van der Waals surface area contributed by atoms with Gasteiger partial charge in [-0.1, -0.05) is 18.2 Å². The molecular formula is C6H6O3S. The Hall–Kier alpha value is -0.870. The van der Waals surface area contributed by atoms with E-state index in [4.69, 9.17) is 13.0 Å². The lowest BCUT2D eigenvalue weighted by Crippen LogP contribution is -1.58. The number of hydrogen-bond acceptors (Lipinski definition) is 2. The highest BCUT2D eigenvalue weighted by atomic mass is 32.2. The Morgan fingerprint density at radius 1 is 1.20 bits per heavy atom. The van der Waals surface area contributed by atoms with Crippen LogP contribution in [0.2, 0.25) is 0 Å². The van der Waals surface area contributed by atoms with Crippen LogP contribution in [0.3, 0.4) is 0 Å². The quantitative estimate of drug-likeness (QED) is 0.439. The van der Waals surface area contributed by atoms with Crippen LogP contribution >= 0.6 is 0 Å². The Labute approximate surface area is 60.1 Å². The second-order valence-electron chi connectivity index (χ2n) is 1.82. The molecule has 0 atom stereocenters. The zero-order valence-electron chi connectivity index (χ0n) is 5.02. The van der Waals surface area contributed by atoms with Gasteiger partial charge in [-0.15, -0.1) is 0 Å². The molecule has 3 nitrogen and oxygen atoms in total. The molecule has 0 unspecified atom stereocenters. The zero-order chi connectivity index (χ0) is 7.56. The minimum Gasteiger partial charge on any atom is -0.288 e.